The normalized spacial score (nSPS) is 20.2. The molecule has 0 amide bonds. The van der Waals surface area contributed by atoms with E-state index < -0.39 is 0 Å². The molecule has 0 saturated carbocycles. The molecule has 0 N–H and O–H groups in total. The quantitative estimate of drug-likeness (QED) is 0.780. The molecule has 2 aromatic rings. The highest BCUT2D eigenvalue weighted by molar-refractivity contribution is 7.99. The summed E-state index contributed by atoms with van der Waals surface area (Å²) in [5, 5.41) is 0.974. The second-order valence-electron chi connectivity index (χ2n) is 4.45. The highest BCUT2D eigenvalue weighted by atomic mass is 32.2. The van der Waals surface area contributed by atoms with Gasteiger partial charge in [-0.1, -0.05) is 11.6 Å². The third-order valence-electron chi connectivity index (χ3n) is 3.02. The number of benzene rings is 1. The molecule has 1 aliphatic rings. The van der Waals surface area contributed by atoms with E-state index in [1.807, 2.05) is 31.2 Å². The summed E-state index contributed by atoms with van der Waals surface area (Å²) in [7, 11) is 0. The number of ether oxygens (including phenoxy) is 1. The molecule has 0 bridgehead atoms. The molecular formula is C14H14O3S. The van der Waals surface area contributed by atoms with Gasteiger partial charge in [-0.2, -0.15) is 11.8 Å². The molecule has 4 heteroatoms. The van der Waals surface area contributed by atoms with Crippen molar-refractivity contribution in [2.45, 2.75) is 13.0 Å². The summed E-state index contributed by atoms with van der Waals surface area (Å²) in [5.41, 5.74) is 1.92. The Kier molecular flexibility index (Phi) is 3.14. The van der Waals surface area contributed by atoms with Crippen LogP contribution in [-0.4, -0.2) is 30.0 Å². The highest BCUT2D eigenvalue weighted by Gasteiger charge is 2.26. The number of carbonyl (C=O) groups is 1. The van der Waals surface area contributed by atoms with Crippen molar-refractivity contribution in [3.63, 3.8) is 0 Å². The number of hydrogen-bond donors (Lipinski definition) is 0. The zero-order chi connectivity index (χ0) is 12.5. The lowest BCUT2D eigenvalue weighted by atomic mass is 10.1. The summed E-state index contributed by atoms with van der Waals surface area (Å²) in [6.45, 7) is 2.66. The van der Waals surface area contributed by atoms with Gasteiger partial charge in [-0.25, -0.2) is 0 Å². The summed E-state index contributed by atoms with van der Waals surface area (Å²) in [5.74, 6) is 2.04. The Morgan fingerprint density at radius 3 is 3.06 bits per heavy atom. The molecule has 3 nitrogen and oxygen atoms in total. The van der Waals surface area contributed by atoms with Gasteiger partial charge in [0.25, 0.3) is 0 Å². The van der Waals surface area contributed by atoms with Crippen LogP contribution in [0.1, 0.15) is 16.1 Å². The van der Waals surface area contributed by atoms with Crippen molar-refractivity contribution in [3.8, 4) is 0 Å². The second kappa shape index (κ2) is 4.78. The number of hydrogen-bond acceptors (Lipinski definition) is 4. The van der Waals surface area contributed by atoms with Gasteiger partial charge in [0.1, 0.15) is 11.7 Å². The lowest BCUT2D eigenvalue weighted by molar-refractivity contribution is 0.0495. The van der Waals surface area contributed by atoms with Gasteiger partial charge in [0.2, 0.25) is 5.78 Å². The summed E-state index contributed by atoms with van der Waals surface area (Å²) in [4.78, 5) is 12.2. The average Bonchev–Trinajstić information content (AvgIpc) is 2.81. The minimum atomic E-state index is -0.356. The zero-order valence-electron chi connectivity index (χ0n) is 10.1. The fourth-order valence-corrected chi connectivity index (χ4v) is 2.92. The molecule has 1 aliphatic heterocycles. The van der Waals surface area contributed by atoms with E-state index in [2.05, 4.69) is 0 Å². The molecule has 1 aromatic heterocycles. The van der Waals surface area contributed by atoms with Gasteiger partial charge in [-0.05, 0) is 25.1 Å². The molecule has 3 rings (SSSR count). The fourth-order valence-electron chi connectivity index (χ4n) is 2.08. The smallest absolute Gasteiger partial charge is 0.227 e. The van der Waals surface area contributed by atoms with Gasteiger partial charge in [0.05, 0.1) is 6.61 Å². The topological polar surface area (TPSA) is 39.4 Å². The summed E-state index contributed by atoms with van der Waals surface area (Å²) < 4.78 is 11.1. The van der Waals surface area contributed by atoms with Crippen LogP contribution in [0.2, 0.25) is 0 Å². The number of rotatable bonds is 2. The Morgan fingerprint density at radius 2 is 2.28 bits per heavy atom. The van der Waals surface area contributed by atoms with E-state index in [4.69, 9.17) is 9.15 Å². The van der Waals surface area contributed by atoms with E-state index in [9.17, 15) is 4.79 Å². The minimum absolute atomic E-state index is 0.0453. The van der Waals surface area contributed by atoms with Gasteiger partial charge in [-0.15, -0.1) is 0 Å². The van der Waals surface area contributed by atoms with Crippen molar-refractivity contribution < 1.29 is 13.9 Å². The molecule has 1 aromatic carbocycles. The van der Waals surface area contributed by atoms with E-state index in [-0.39, 0.29) is 11.9 Å². The van der Waals surface area contributed by atoms with Gasteiger partial charge >= 0.3 is 0 Å². The number of aryl methyl sites for hydroxylation is 1. The fraction of sp³-hybridized carbons (Fsp3) is 0.357. The van der Waals surface area contributed by atoms with Crippen LogP contribution in [-0.2, 0) is 4.74 Å². The van der Waals surface area contributed by atoms with E-state index >= 15 is 0 Å². The lowest BCUT2D eigenvalue weighted by Crippen LogP contribution is -2.31. The number of thioether (sulfide) groups is 1. The molecule has 0 radical (unpaired) electrons. The SMILES string of the molecule is Cc1ccc2oc(C(=O)C3CSCCO3)cc2c1. The van der Waals surface area contributed by atoms with Gasteiger partial charge in [0, 0.05) is 16.9 Å². The van der Waals surface area contributed by atoms with Crippen LogP contribution >= 0.6 is 11.8 Å². The van der Waals surface area contributed by atoms with E-state index in [0.29, 0.717) is 12.4 Å². The maximum atomic E-state index is 12.2. The molecule has 2 heterocycles. The first-order valence-corrected chi connectivity index (χ1v) is 7.13. The molecule has 94 valence electrons. The number of ketones is 1. The van der Waals surface area contributed by atoms with Crippen molar-refractivity contribution >= 4 is 28.5 Å². The van der Waals surface area contributed by atoms with E-state index in [1.165, 1.54) is 0 Å². The van der Waals surface area contributed by atoms with Gasteiger partial charge in [0.15, 0.2) is 5.76 Å². The predicted molar refractivity (Wildman–Crippen MR) is 72.3 cm³/mol. The molecular weight excluding hydrogens is 248 g/mol. The van der Waals surface area contributed by atoms with Crippen LogP contribution in [0.5, 0.6) is 0 Å². The Labute approximate surface area is 109 Å². The summed E-state index contributed by atoms with van der Waals surface area (Å²) in [6, 6.07) is 7.71. The highest BCUT2D eigenvalue weighted by Crippen LogP contribution is 2.24. The molecule has 0 aliphatic carbocycles. The Balaban J connectivity index is 1.91. The molecule has 0 spiro atoms. The summed E-state index contributed by atoms with van der Waals surface area (Å²) >= 11 is 1.75. The number of Topliss-reactive ketones (excluding diaryl/α,β-unsaturated/α-hetero) is 1. The monoisotopic (exact) mass is 262 g/mol. The first-order valence-electron chi connectivity index (χ1n) is 5.98. The Bertz CT molecular complexity index is 582. The van der Waals surface area contributed by atoms with Crippen LogP contribution in [0, 0.1) is 6.92 Å². The zero-order valence-corrected chi connectivity index (χ0v) is 11.0. The van der Waals surface area contributed by atoms with Crippen molar-refractivity contribution in [2.24, 2.45) is 0 Å². The lowest BCUT2D eigenvalue weighted by Gasteiger charge is -2.19. The number of carbonyl (C=O) groups excluding carboxylic acids is 1. The Hall–Kier alpha value is -1.26. The van der Waals surface area contributed by atoms with Crippen LogP contribution < -0.4 is 0 Å². The largest absolute Gasteiger partial charge is 0.453 e. The number of furan rings is 1. The maximum Gasteiger partial charge on any atom is 0.227 e. The average molecular weight is 262 g/mol. The molecule has 1 atom stereocenters. The second-order valence-corrected chi connectivity index (χ2v) is 5.60. The van der Waals surface area contributed by atoms with Crippen molar-refractivity contribution in [3.05, 3.63) is 35.6 Å². The van der Waals surface area contributed by atoms with Crippen LogP contribution in [0.15, 0.2) is 28.7 Å². The maximum absolute atomic E-state index is 12.2. The van der Waals surface area contributed by atoms with Gasteiger partial charge in [-0.3, -0.25) is 4.79 Å². The summed E-state index contributed by atoms with van der Waals surface area (Å²) in [6.07, 6.45) is -0.356. The first kappa shape index (κ1) is 11.8. The molecule has 1 fully saturated rings. The standard InChI is InChI=1S/C14H14O3S/c1-9-2-3-11-10(6-9)7-12(17-11)14(15)13-8-18-5-4-16-13/h2-3,6-7,13H,4-5,8H2,1H3. The molecule has 18 heavy (non-hydrogen) atoms. The van der Waals surface area contributed by atoms with Crippen molar-refractivity contribution in [2.75, 3.05) is 18.1 Å². The van der Waals surface area contributed by atoms with E-state index in [1.54, 1.807) is 11.8 Å². The number of fused-ring (bicyclic) bond motifs is 1. The van der Waals surface area contributed by atoms with Crippen LogP contribution in [0.3, 0.4) is 0 Å². The molecule has 1 saturated heterocycles. The predicted octanol–water partition coefficient (Wildman–Crippen LogP) is 3.06. The Morgan fingerprint density at radius 1 is 1.39 bits per heavy atom. The van der Waals surface area contributed by atoms with Crippen molar-refractivity contribution in [1.29, 1.82) is 0 Å². The van der Waals surface area contributed by atoms with E-state index in [0.717, 1.165) is 28.0 Å². The van der Waals surface area contributed by atoms with Crippen molar-refractivity contribution in [1.82, 2.24) is 0 Å². The third kappa shape index (κ3) is 2.18. The third-order valence-corrected chi connectivity index (χ3v) is 4.02. The van der Waals surface area contributed by atoms with Gasteiger partial charge < -0.3 is 9.15 Å². The molecule has 1 unspecified atom stereocenters. The first-order chi connectivity index (χ1) is 8.74. The minimum Gasteiger partial charge on any atom is -0.453 e. The van der Waals surface area contributed by atoms with Crippen LogP contribution in [0.25, 0.3) is 11.0 Å². The van der Waals surface area contributed by atoms with Crippen LogP contribution in [0.4, 0.5) is 0 Å².